The maximum absolute atomic E-state index is 12.5. The predicted octanol–water partition coefficient (Wildman–Crippen LogP) is 2.15. The third kappa shape index (κ3) is 4.15. The molecule has 2 amide bonds. The van der Waals surface area contributed by atoms with Crippen molar-refractivity contribution >= 4 is 17.9 Å². The Morgan fingerprint density at radius 2 is 1.96 bits per heavy atom. The number of carbonyl (C=O) groups is 2. The van der Waals surface area contributed by atoms with Crippen LogP contribution in [0.15, 0.2) is 36.4 Å². The van der Waals surface area contributed by atoms with Gasteiger partial charge >= 0.3 is 0 Å². The van der Waals surface area contributed by atoms with Crippen molar-refractivity contribution in [2.45, 2.75) is 32.2 Å². The first-order valence-corrected chi connectivity index (χ1v) is 9.48. The van der Waals surface area contributed by atoms with Gasteiger partial charge in [-0.3, -0.25) is 9.59 Å². The summed E-state index contributed by atoms with van der Waals surface area (Å²) in [6, 6.07) is 10.00. The Hall–Kier alpha value is -2.14. The Balaban J connectivity index is 1.53. The fraction of sp³-hybridized carbons (Fsp3) is 0.524. The molecular formula is C21H29N3O2. The zero-order valence-electron chi connectivity index (χ0n) is 15.8. The zero-order chi connectivity index (χ0) is 18.6. The Morgan fingerprint density at radius 3 is 2.62 bits per heavy atom. The van der Waals surface area contributed by atoms with Crippen LogP contribution >= 0.6 is 0 Å². The summed E-state index contributed by atoms with van der Waals surface area (Å²) in [6.45, 7) is 4.88. The fourth-order valence-corrected chi connectivity index (χ4v) is 3.96. The van der Waals surface area contributed by atoms with E-state index in [0.717, 1.165) is 38.0 Å². The lowest BCUT2D eigenvalue weighted by molar-refractivity contribution is -0.135. The molecule has 1 spiro atoms. The van der Waals surface area contributed by atoms with E-state index >= 15 is 0 Å². The molecule has 0 aromatic heterocycles. The molecule has 0 bridgehead atoms. The summed E-state index contributed by atoms with van der Waals surface area (Å²) >= 11 is 0. The van der Waals surface area contributed by atoms with Gasteiger partial charge < -0.3 is 15.1 Å². The first-order valence-electron chi connectivity index (χ1n) is 9.48. The minimum absolute atomic E-state index is 0.0529. The maximum Gasteiger partial charge on any atom is 0.239 e. The minimum atomic E-state index is -0.145. The molecule has 2 saturated heterocycles. The van der Waals surface area contributed by atoms with Gasteiger partial charge in [-0.25, -0.2) is 0 Å². The van der Waals surface area contributed by atoms with Crippen LogP contribution in [-0.4, -0.2) is 60.9 Å². The number of likely N-dealkylation sites (N-methyl/N-ethyl adjacent to an activating group) is 1. The van der Waals surface area contributed by atoms with E-state index in [1.165, 1.54) is 0 Å². The third-order valence-corrected chi connectivity index (χ3v) is 5.78. The molecule has 3 rings (SSSR count). The van der Waals surface area contributed by atoms with Crippen molar-refractivity contribution < 1.29 is 9.59 Å². The molecule has 2 aliphatic heterocycles. The van der Waals surface area contributed by atoms with E-state index in [1.807, 2.05) is 42.0 Å². The van der Waals surface area contributed by atoms with Crippen molar-refractivity contribution in [2.75, 3.05) is 33.2 Å². The number of hydrogen-bond acceptors (Lipinski definition) is 3. The number of nitrogens with zero attached hydrogens (tertiary/aromatic N) is 2. The molecule has 0 radical (unpaired) electrons. The molecule has 2 heterocycles. The summed E-state index contributed by atoms with van der Waals surface area (Å²) in [4.78, 5) is 28.7. The van der Waals surface area contributed by atoms with Gasteiger partial charge in [0.25, 0.3) is 0 Å². The molecule has 0 aliphatic carbocycles. The monoisotopic (exact) mass is 355 g/mol. The average Bonchev–Trinajstić information content (AvgIpc) is 2.97. The quantitative estimate of drug-likeness (QED) is 0.881. The fourth-order valence-electron chi connectivity index (χ4n) is 3.96. The molecule has 0 saturated carbocycles. The SMILES string of the molecule is CN[C@@H](C)C(=O)N1CCC2(CC1)CC(=O)N(CC=Cc1ccccc1)C2. The maximum atomic E-state index is 12.5. The van der Waals surface area contributed by atoms with Gasteiger partial charge in [0.15, 0.2) is 0 Å². The van der Waals surface area contributed by atoms with Crippen molar-refractivity contribution in [3.63, 3.8) is 0 Å². The van der Waals surface area contributed by atoms with E-state index in [-0.39, 0.29) is 23.3 Å². The Bertz CT molecular complexity index is 663. The topological polar surface area (TPSA) is 52.7 Å². The Labute approximate surface area is 156 Å². The number of likely N-dealkylation sites (tertiary alicyclic amines) is 2. The summed E-state index contributed by atoms with van der Waals surface area (Å²) in [5.41, 5.74) is 1.21. The Morgan fingerprint density at radius 1 is 1.27 bits per heavy atom. The van der Waals surface area contributed by atoms with Gasteiger partial charge in [0, 0.05) is 38.0 Å². The van der Waals surface area contributed by atoms with E-state index < -0.39 is 0 Å². The van der Waals surface area contributed by atoms with E-state index in [2.05, 4.69) is 29.6 Å². The standard InChI is InChI=1S/C21H29N3O2/c1-17(22-2)20(26)23-13-10-21(11-14-23)15-19(25)24(16-21)12-6-9-18-7-4-3-5-8-18/h3-9,17,22H,10-16H2,1-2H3/t17-/m0/s1. The van der Waals surface area contributed by atoms with Crippen LogP contribution in [0.25, 0.3) is 6.08 Å². The Kier molecular flexibility index (Phi) is 5.77. The molecule has 0 unspecified atom stereocenters. The van der Waals surface area contributed by atoms with Gasteiger partial charge in [-0.2, -0.15) is 0 Å². The van der Waals surface area contributed by atoms with Crippen molar-refractivity contribution in [3.8, 4) is 0 Å². The lowest BCUT2D eigenvalue weighted by Crippen LogP contribution is -2.49. The molecule has 5 nitrogen and oxygen atoms in total. The lowest BCUT2D eigenvalue weighted by atomic mass is 9.77. The molecule has 1 aromatic carbocycles. The van der Waals surface area contributed by atoms with Crippen LogP contribution in [0.1, 0.15) is 31.7 Å². The number of nitrogens with one attached hydrogen (secondary N) is 1. The zero-order valence-corrected chi connectivity index (χ0v) is 15.8. The van der Waals surface area contributed by atoms with Crippen molar-refractivity contribution in [1.29, 1.82) is 0 Å². The number of piperidine rings is 1. The predicted molar refractivity (Wildman–Crippen MR) is 103 cm³/mol. The van der Waals surface area contributed by atoms with Crippen molar-refractivity contribution in [1.82, 2.24) is 15.1 Å². The molecule has 2 aliphatic rings. The average molecular weight is 355 g/mol. The number of rotatable bonds is 5. The third-order valence-electron chi connectivity index (χ3n) is 5.78. The number of hydrogen-bond donors (Lipinski definition) is 1. The van der Waals surface area contributed by atoms with Gasteiger partial charge in [0.05, 0.1) is 6.04 Å². The molecule has 140 valence electrons. The van der Waals surface area contributed by atoms with Crippen LogP contribution in [0.3, 0.4) is 0 Å². The summed E-state index contributed by atoms with van der Waals surface area (Å²) in [5.74, 6) is 0.403. The van der Waals surface area contributed by atoms with Crippen LogP contribution in [0.4, 0.5) is 0 Å². The van der Waals surface area contributed by atoms with Gasteiger partial charge in [-0.15, -0.1) is 0 Å². The first kappa shape index (κ1) is 18.6. The van der Waals surface area contributed by atoms with Gasteiger partial charge in [0.1, 0.15) is 0 Å². The van der Waals surface area contributed by atoms with Gasteiger partial charge in [-0.1, -0.05) is 42.5 Å². The smallest absolute Gasteiger partial charge is 0.239 e. The van der Waals surface area contributed by atoms with Crippen LogP contribution in [0.5, 0.6) is 0 Å². The molecule has 1 aromatic rings. The van der Waals surface area contributed by atoms with E-state index in [4.69, 9.17) is 0 Å². The summed E-state index contributed by atoms with van der Waals surface area (Å²) < 4.78 is 0. The normalized spacial score (nSPS) is 20.9. The molecule has 26 heavy (non-hydrogen) atoms. The highest BCUT2D eigenvalue weighted by molar-refractivity contribution is 5.82. The molecule has 5 heteroatoms. The minimum Gasteiger partial charge on any atom is -0.341 e. The van der Waals surface area contributed by atoms with E-state index in [0.29, 0.717) is 13.0 Å². The number of benzene rings is 1. The second-order valence-corrected chi connectivity index (χ2v) is 7.60. The van der Waals surface area contributed by atoms with Crippen LogP contribution in [0.2, 0.25) is 0 Å². The second-order valence-electron chi connectivity index (χ2n) is 7.60. The first-order chi connectivity index (χ1) is 12.5. The van der Waals surface area contributed by atoms with Gasteiger partial charge in [-0.05, 0) is 32.4 Å². The van der Waals surface area contributed by atoms with Crippen LogP contribution in [0, 0.1) is 5.41 Å². The van der Waals surface area contributed by atoms with Crippen LogP contribution < -0.4 is 5.32 Å². The largest absolute Gasteiger partial charge is 0.341 e. The van der Waals surface area contributed by atoms with E-state index in [1.54, 1.807) is 0 Å². The summed E-state index contributed by atoms with van der Waals surface area (Å²) in [5, 5.41) is 3.01. The highest BCUT2D eigenvalue weighted by Crippen LogP contribution is 2.41. The number of amides is 2. The van der Waals surface area contributed by atoms with Crippen molar-refractivity contribution in [2.24, 2.45) is 5.41 Å². The molecular weight excluding hydrogens is 326 g/mol. The molecule has 1 atom stereocenters. The van der Waals surface area contributed by atoms with E-state index in [9.17, 15) is 9.59 Å². The lowest BCUT2D eigenvalue weighted by Gasteiger charge is -2.39. The van der Waals surface area contributed by atoms with Crippen LogP contribution in [-0.2, 0) is 9.59 Å². The molecule has 2 fully saturated rings. The van der Waals surface area contributed by atoms with Crippen molar-refractivity contribution in [3.05, 3.63) is 42.0 Å². The number of carbonyl (C=O) groups excluding carboxylic acids is 2. The highest BCUT2D eigenvalue weighted by atomic mass is 16.2. The highest BCUT2D eigenvalue weighted by Gasteiger charge is 2.45. The summed E-state index contributed by atoms with van der Waals surface area (Å²) in [7, 11) is 1.81. The summed E-state index contributed by atoms with van der Waals surface area (Å²) in [6.07, 6.45) is 6.59. The molecule has 1 N–H and O–H groups in total. The second kappa shape index (κ2) is 8.04. The van der Waals surface area contributed by atoms with Gasteiger partial charge in [0.2, 0.25) is 11.8 Å².